The molecule has 11 rings (SSSR count). The fourth-order valence-electron chi connectivity index (χ4n) is 9.09. The van der Waals surface area contributed by atoms with Crippen molar-refractivity contribution in [1.29, 1.82) is 0 Å². The van der Waals surface area contributed by atoms with E-state index in [0.717, 1.165) is 65.3 Å². The number of hydrogen-bond donors (Lipinski definition) is 9. The molecule has 1 heterocycles. The summed E-state index contributed by atoms with van der Waals surface area (Å²) in [6, 6.07) is 42.7. The molecule has 0 amide bonds. The van der Waals surface area contributed by atoms with Crippen LogP contribution in [0.3, 0.4) is 0 Å². The topological polar surface area (TPSA) is 195 Å². The summed E-state index contributed by atoms with van der Waals surface area (Å²) < 4.78 is 5.92. The maximum absolute atomic E-state index is 11.5. The fourth-order valence-corrected chi connectivity index (χ4v) is 9.09. The van der Waals surface area contributed by atoms with E-state index in [1.54, 1.807) is 12.1 Å². The molecule has 0 unspecified atom stereocenters. The van der Waals surface area contributed by atoms with Crippen LogP contribution in [0.1, 0.15) is 0 Å². The highest BCUT2D eigenvalue weighted by molar-refractivity contribution is 6.28. The molecular formula is C50H30O10. The predicted molar refractivity (Wildman–Crippen MR) is 233 cm³/mol. The molecule has 60 heavy (non-hydrogen) atoms. The first kappa shape index (κ1) is 34.7. The van der Waals surface area contributed by atoms with Crippen molar-refractivity contribution in [3.63, 3.8) is 0 Å². The average molecular weight is 791 g/mol. The Bertz CT molecular complexity index is 3650. The SMILES string of the molecule is Oc1c(O)c(-c2ccc3ccc(-c4c5ccccc5c(-c5cccc6ccccc56)c5ccccc45)cc3c2)c2c(oc3c4c(O)c(O)c(O)c(O)c4c(O)c(O)c32)c1O. The highest BCUT2D eigenvalue weighted by atomic mass is 16.4. The zero-order chi connectivity index (χ0) is 41.3. The van der Waals surface area contributed by atoms with Crippen molar-refractivity contribution in [2.75, 3.05) is 0 Å². The second kappa shape index (κ2) is 12.3. The molecule has 10 aromatic carbocycles. The van der Waals surface area contributed by atoms with Crippen molar-refractivity contribution in [2.45, 2.75) is 0 Å². The monoisotopic (exact) mass is 790 g/mol. The molecule has 0 radical (unpaired) electrons. The third kappa shape index (κ3) is 4.52. The van der Waals surface area contributed by atoms with E-state index in [2.05, 4.69) is 66.7 Å². The molecule has 0 spiro atoms. The molecule has 290 valence electrons. The van der Waals surface area contributed by atoms with Crippen LogP contribution in [0, 0.1) is 0 Å². The highest BCUT2D eigenvalue weighted by Crippen LogP contribution is 2.61. The van der Waals surface area contributed by atoms with Crippen LogP contribution in [0.5, 0.6) is 51.7 Å². The van der Waals surface area contributed by atoms with E-state index in [0.29, 0.717) is 5.56 Å². The van der Waals surface area contributed by atoms with Crippen LogP contribution in [0.2, 0.25) is 0 Å². The average Bonchev–Trinajstić information content (AvgIpc) is 3.67. The highest BCUT2D eigenvalue weighted by Gasteiger charge is 2.33. The summed E-state index contributed by atoms with van der Waals surface area (Å²) >= 11 is 0. The molecule has 1 aromatic heterocycles. The normalized spacial score (nSPS) is 11.9. The molecule has 10 nitrogen and oxygen atoms in total. The van der Waals surface area contributed by atoms with Gasteiger partial charge in [0.05, 0.1) is 16.2 Å². The van der Waals surface area contributed by atoms with E-state index in [-0.39, 0.29) is 16.3 Å². The summed E-state index contributed by atoms with van der Waals surface area (Å²) in [5.41, 5.74) is 3.45. The van der Waals surface area contributed by atoms with Gasteiger partial charge in [-0.25, -0.2) is 0 Å². The van der Waals surface area contributed by atoms with Gasteiger partial charge in [0.2, 0.25) is 23.0 Å². The van der Waals surface area contributed by atoms with E-state index < -0.39 is 73.7 Å². The largest absolute Gasteiger partial charge is 0.504 e. The summed E-state index contributed by atoms with van der Waals surface area (Å²) in [6.45, 7) is 0. The van der Waals surface area contributed by atoms with E-state index in [1.807, 2.05) is 48.5 Å². The molecule has 0 saturated carbocycles. The first-order valence-corrected chi connectivity index (χ1v) is 18.9. The molecule has 9 N–H and O–H groups in total. The number of phenols is 9. The van der Waals surface area contributed by atoms with E-state index >= 15 is 0 Å². The minimum atomic E-state index is -1.17. The Hall–Kier alpha value is -8.50. The summed E-state index contributed by atoms with van der Waals surface area (Å²) in [5.74, 6) is -8.95. The smallest absolute Gasteiger partial charge is 0.205 e. The zero-order valence-electron chi connectivity index (χ0n) is 31.1. The minimum Gasteiger partial charge on any atom is -0.504 e. The number of rotatable bonds is 3. The lowest BCUT2D eigenvalue weighted by Crippen LogP contribution is -1.92. The molecule has 0 atom stereocenters. The van der Waals surface area contributed by atoms with E-state index in [9.17, 15) is 46.0 Å². The van der Waals surface area contributed by atoms with E-state index in [4.69, 9.17) is 4.42 Å². The van der Waals surface area contributed by atoms with Crippen LogP contribution >= 0.6 is 0 Å². The van der Waals surface area contributed by atoms with Crippen LogP contribution in [0.25, 0.3) is 109 Å². The van der Waals surface area contributed by atoms with Crippen LogP contribution in [-0.2, 0) is 0 Å². The van der Waals surface area contributed by atoms with E-state index in [1.165, 1.54) is 0 Å². The van der Waals surface area contributed by atoms with Gasteiger partial charge in [-0.15, -0.1) is 0 Å². The number of fused-ring (bicyclic) bond motifs is 9. The zero-order valence-corrected chi connectivity index (χ0v) is 31.1. The Balaban J connectivity index is 1.18. The maximum atomic E-state index is 11.5. The van der Waals surface area contributed by atoms with Crippen molar-refractivity contribution >= 4 is 75.8 Å². The van der Waals surface area contributed by atoms with Gasteiger partial charge in [0.1, 0.15) is 0 Å². The Labute approximate surface area is 337 Å². The Morgan fingerprint density at radius 1 is 0.283 bits per heavy atom. The molecule has 0 aliphatic rings. The van der Waals surface area contributed by atoms with Crippen molar-refractivity contribution in [1.82, 2.24) is 0 Å². The second-order valence-corrected chi connectivity index (χ2v) is 14.9. The number of aromatic hydroxyl groups is 9. The predicted octanol–water partition coefficient (Wildman–Crippen LogP) is 11.7. The fraction of sp³-hybridized carbons (Fsp3) is 0. The number of furan rings is 1. The van der Waals surface area contributed by atoms with Gasteiger partial charge < -0.3 is 50.4 Å². The molecule has 10 heteroatoms. The summed E-state index contributed by atoms with van der Waals surface area (Å²) in [5, 5.41) is 105. The molecular weight excluding hydrogens is 761 g/mol. The van der Waals surface area contributed by atoms with Gasteiger partial charge in [0.15, 0.2) is 39.9 Å². The molecule has 0 aliphatic heterocycles. The number of benzene rings is 10. The standard InChI is InChI=1S/C50H30O10/c51-40-34(36-38-43(54)41(52)37-39(44(55)46(57)45(56)42(37)53)49(38)60-50(36)48(59)47(40)58)25-19-17-22-16-18-24(20-26(22)21-25)33-29-11-3-5-13-31(29)35(32-14-6-4-12-30(32)33)28-15-7-9-23-8-1-2-10-27(23)28/h1-21,51-59H. The van der Waals surface area contributed by atoms with Crippen LogP contribution in [0.4, 0.5) is 0 Å². The minimum absolute atomic E-state index is 0.109. The van der Waals surface area contributed by atoms with Gasteiger partial charge >= 0.3 is 0 Å². The quantitative estimate of drug-likeness (QED) is 0.0472. The summed E-state index contributed by atoms with van der Waals surface area (Å²) in [6.07, 6.45) is 0. The van der Waals surface area contributed by atoms with Crippen LogP contribution in [-0.4, -0.2) is 46.0 Å². The first-order valence-electron chi connectivity index (χ1n) is 18.9. The Morgan fingerprint density at radius 2 is 0.750 bits per heavy atom. The number of phenolic OH excluding ortho intramolecular Hbond substituents is 9. The molecule has 0 bridgehead atoms. The van der Waals surface area contributed by atoms with Crippen LogP contribution < -0.4 is 0 Å². The summed E-state index contributed by atoms with van der Waals surface area (Å²) in [4.78, 5) is 0. The van der Waals surface area contributed by atoms with Crippen molar-refractivity contribution in [3.05, 3.63) is 127 Å². The van der Waals surface area contributed by atoms with Gasteiger partial charge in [-0.2, -0.15) is 0 Å². The second-order valence-electron chi connectivity index (χ2n) is 14.9. The van der Waals surface area contributed by atoms with Gasteiger partial charge in [-0.05, 0) is 83.0 Å². The third-order valence-corrected chi connectivity index (χ3v) is 11.8. The lowest BCUT2D eigenvalue weighted by Gasteiger charge is -2.19. The lowest BCUT2D eigenvalue weighted by molar-refractivity contribution is 0.349. The Morgan fingerprint density at radius 3 is 1.38 bits per heavy atom. The summed E-state index contributed by atoms with van der Waals surface area (Å²) in [7, 11) is 0. The van der Waals surface area contributed by atoms with Gasteiger partial charge in [-0.3, -0.25) is 0 Å². The first-order chi connectivity index (χ1) is 29.0. The van der Waals surface area contributed by atoms with Crippen molar-refractivity contribution < 1.29 is 50.4 Å². The Kier molecular flexibility index (Phi) is 7.09. The van der Waals surface area contributed by atoms with Gasteiger partial charge in [-0.1, -0.05) is 115 Å². The number of hydrogen-bond acceptors (Lipinski definition) is 10. The van der Waals surface area contributed by atoms with Gasteiger partial charge in [0, 0.05) is 10.9 Å². The van der Waals surface area contributed by atoms with Crippen LogP contribution in [0.15, 0.2) is 132 Å². The lowest BCUT2D eigenvalue weighted by atomic mass is 9.84. The molecule has 11 aromatic rings. The third-order valence-electron chi connectivity index (χ3n) is 11.8. The molecule has 0 saturated heterocycles. The molecule has 0 fully saturated rings. The van der Waals surface area contributed by atoms with Crippen molar-refractivity contribution in [2.24, 2.45) is 0 Å². The van der Waals surface area contributed by atoms with Crippen molar-refractivity contribution in [3.8, 4) is 85.1 Å². The maximum Gasteiger partial charge on any atom is 0.205 e. The van der Waals surface area contributed by atoms with Gasteiger partial charge in [0.25, 0.3) is 0 Å². The molecule has 0 aliphatic carbocycles.